The Morgan fingerprint density at radius 3 is 3.00 bits per heavy atom. The van der Waals surface area contributed by atoms with Crippen molar-refractivity contribution in [2.75, 3.05) is 24.6 Å². The van der Waals surface area contributed by atoms with E-state index in [-0.39, 0.29) is 18.9 Å². The van der Waals surface area contributed by atoms with E-state index in [1.165, 1.54) is 22.1 Å². The third-order valence-electron chi connectivity index (χ3n) is 4.87. The zero-order valence-electron chi connectivity index (χ0n) is 15.4. The molecule has 10 nitrogen and oxygen atoms in total. The van der Waals surface area contributed by atoms with E-state index in [1.807, 2.05) is 0 Å². The summed E-state index contributed by atoms with van der Waals surface area (Å²) in [5, 5.41) is 23.2. The molecule has 1 aromatic heterocycles. The third kappa shape index (κ3) is 4.00. The molecule has 1 fully saturated rings. The highest BCUT2D eigenvalue weighted by Crippen LogP contribution is 2.29. The molecule has 0 saturated carbocycles. The Kier molecular flexibility index (Phi) is 5.32. The Hall–Kier alpha value is -3.18. The standard InChI is InChI=1S/C18H19FN6O4/c19-15-6-12(24-7-13(29-18(24)28)8-25-22-10-21-23-25)1-2-14(15)11-3-4-20-16(5-11)17(27)9-26/h1-2,5-6,10,13,16,20,26H,3-4,7-9H2/t13-,16?/m1/s1. The van der Waals surface area contributed by atoms with E-state index >= 15 is 0 Å². The monoisotopic (exact) mass is 402 g/mol. The smallest absolute Gasteiger partial charge is 0.414 e. The van der Waals surface area contributed by atoms with Crippen LogP contribution in [0.15, 0.2) is 30.6 Å². The average Bonchev–Trinajstić information content (AvgIpc) is 3.37. The lowest BCUT2D eigenvalue weighted by Gasteiger charge is -2.22. The molecule has 1 aromatic carbocycles. The maximum Gasteiger partial charge on any atom is 0.414 e. The summed E-state index contributed by atoms with van der Waals surface area (Å²) in [5.41, 5.74) is 1.42. The van der Waals surface area contributed by atoms with Gasteiger partial charge in [0.15, 0.2) is 12.1 Å². The largest absolute Gasteiger partial charge is 0.442 e. The molecular formula is C18H19FN6O4. The summed E-state index contributed by atoms with van der Waals surface area (Å²) in [6.07, 6.45) is 2.42. The number of aromatic nitrogens is 4. The summed E-state index contributed by atoms with van der Waals surface area (Å²) in [4.78, 5) is 26.6. The number of ketones is 1. The second kappa shape index (κ2) is 8.05. The molecule has 2 aromatic rings. The summed E-state index contributed by atoms with van der Waals surface area (Å²) in [6.45, 7) is 0.410. The number of hydrogen-bond acceptors (Lipinski definition) is 8. The van der Waals surface area contributed by atoms with E-state index in [9.17, 15) is 14.0 Å². The Balaban J connectivity index is 1.51. The highest BCUT2D eigenvalue weighted by Gasteiger charge is 2.33. The van der Waals surface area contributed by atoms with Crippen LogP contribution in [0.25, 0.3) is 5.57 Å². The number of benzene rings is 1. The number of aliphatic hydroxyl groups is 1. The number of nitrogens with zero attached hydrogens (tertiary/aromatic N) is 5. The van der Waals surface area contributed by atoms with E-state index in [2.05, 4.69) is 20.7 Å². The molecule has 0 aliphatic carbocycles. The van der Waals surface area contributed by atoms with E-state index in [0.717, 1.165) is 0 Å². The minimum atomic E-state index is -0.637. The zero-order valence-corrected chi connectivity index (χ0v) is 15.4. The molecule has 2 atom stereocenters. The van der Waals surface area contributed by atoms with Gasteiger partial charge in [-0.2, -0.15) is 4.80 Å². The average molecular weight is 402 g/mol. The lowest BCUT2D eigenvalue weighted by Crippen LogP contribution is -2.40. The Morgan fingerprint density at radius 1 is 1.41 bits per heavy atom. The Morgan fingerprint density at radius 2 is 2.28 bits per heavy atom. The number of Topliss-reactive ketones (excluding diaryl/α,β-unsaturated/α-hetero) is 1. The summed E-state index contributed by atoms with van der Waals surface area (Å²) in [6, 6.07) is 3.87. The molecule has 1 unspecified atom stereocenters. The Bertz CT molecular complexity index is 948. The lowest BCUT2D eigenvalue weighted by molar-refractivity contribution is -0.122. The molecule has 1 saturated heterocycles. The van der Waals surface area contributed by atoms with Crippen LogP contribution in [0.4, 0.5) is 14.9 Å². The molecule has 2 N–H and O–H groups in total. The molecule has 4 rings (SSSR count). The number of ether oxygens (including phenoxy) is 1. The van der Waals surface area contributed by atoms with Gasteiger partial charge in [0.25, 0.3) is 0 Å². The van der Waals surface area contributed by atoms with E-state index in [1.54, 1.807) is 18.2 Å². The predicted octanol–water partition coefficient (Wildman–Crippen LogP) is 0.144. The zero-order chi connectivity index (χ0) is 20.4. The number of nitrogens with one attached hydrogen (secondary N) is 1. The predicted molar refractivity (Wildman–Crippen MR) is 98.3 cm³/mol. The van der Waals surface area contributed by atoms with Gasteiger partial charge in [-0.3, -0.25) is 9.69 Å². The normalized spacial score (nSPS) is 21.8. The topological polar surface area (TPSA) is 122 Å². The molecule has 11 heteroatoms. The third-order valence-corrected chi connectivity index (χ3v) is 4.87. The van der Waals surface area contributed by atoms with Gasteiger partial charge in [-0.15, -0.1) is 10.2 Å². The van der Waals surface area contributed by atoms with Crippen molar-refractivity contribution in [1.82, 2.24) is 25.5 Å². The first kappa shape index (κ1) is 19.2. The molecule has 29 heavy (non-hydrogen) atoms. The minimum Gasteiger partial charge on any atom is -0.442 e. The fourth-order valence-electron chi connectivity index (χ4n) is 3.45. The van der Waals surface area contributed by atoms with Crippen LogP contribution < -0.4 is 10.2 Å². The number of cyclic esters (lactones) is 1. The SMILES string of the molecule is O=C(CO)C1C=C(c2ccc(N3C[C@H](Cn4ncnn4)OC3=O)cc2F)CCN1. The van der Waals surface area contributed by atoms with Crippen LogP contribution in [0.3, 0.4) is 0 Å². The van der Waals surface area contributed by atoms with Crippen LogP contribution in [0, 0.1) is 5.82 Å². The van der Waals surface area contributed by atoms with Crippen molar-refractivity contribution in [2.24, 2.45) is 0 Å². The molecule has 3 heterocycles. The van der Waals surface area contributed by atoms with Gasteiger partial charge in [-0.1, -0.05) is 6.08 Å². The van der Waals surface area contributed by atoms with Gasteiger partial charge in [0, 0.05) is 12.1 Å². The summed E-state index contributed by atoms with van der Waals surface area (Å²) < 4.78 is 20.1. The first-order valence-electron chi connectivity index (χ1n) is 9.11. The highest BCUT2D eigenvalue weighted by atomic mass is 19.1. The summed E-state index contributed by atoms with van der Waals surface area (Å²) in [5.74, 6) is -0.869. The maximum absolute atomic E-state index is 14.8. The number of carbonyl (C=O) groups is 2. The molecular weight excluding hydrogens is 383 g/mol. The fraction of sp³-hybridized carbons (Fsp3) is 0.389. The van der Waals surface area contributed by atoms with E-state index in [0.29, 0.717) is 29.8 Å². The van der Waals surface area contributed by atoms with Gasteiger partial charge in [0.05, 0.1) is 18.3 Å². The lowest BCUT2D eigenvalue weighted by atomic mass is 9.95. The fourth-order valence-corrected chi connectivity index (χ4v) is 3.45. The molecule has 1 amide bonds. The molecule has 0 bridgehead atoms. The van der Waals surface area contributed by atoms with Crippen molar-refractivity contribution in [3.8, 4) is 0 Å². The van der Waals surface area contributed by atoms with Crippen molar-refractivity contribution >= 4 is 23.1 Å². The van der Waals surface area contributed by atoms with Crippen LogP contribution in [0.1, 0.15) is 12.0 Å². The highest BCUT2D eigenvalue weighted by molar-refractivity contribution is 5.91. The number of halogens is 1. The number of rotatable bonds is 6. The van der Waals surface area contributed by atoms with Gasteiger partial charge >= 0.3 is 6.09 Å². The van der Waals surface area contributed by atoms with Crippen molar-refractivity contribution < 1.29 is 23.8 Å². The summed E-state index contributed by atoms with van der Waals surface area (Å²) >= 11 is 0. The quantitative estimate of drug-likeness (QED) is 0.700. The van der Waals surface area contributed by atoms with Gasteiger partial charge in [0.1, 0.15) is 25.1 Å². The van der Waals surface area contributed by atoms with Crippen molar-refractivity contribution in [2.45, 2.75) is 25.1 Å². The van der Waals surface area contributed by atoms with Crippen LogP contribution in [0.5, 0.6) is 0 Å². The van der Waals surface area contributed by atoms with Crippen LogP contribution in [0.2, 0.25) is 0 Å². The summed E-state index contributed by atoms with van der Waals surface area (Å²) in [7, 11) is 0. The number of hydrogen-bond donors (Lipinski definition) is 2. The number of anilines is 1. The minimum absolute atomic E-state index is 0.235. The van der Waals surface area contributed by atoms with Crippen LogP contribution in [-0.4, -0.2) is 69.0 Å². The van der Waals surface area contributed by atoms with E-state index in [4.69, 9.17) is 9.84 Å². The maximum atomic E-state index is 14.8. The molecule has 152 valence electrons. The van der Waals surface area contributed by atoms with Crippen LogP contribution in [-0.2, 0) is 16.1 Å². The van der Waals surface area contributed by atoms with Gasteiger partial charge in [-0.05, 0) is 35.4 Å². The van der Waals surface area contributed by atoms with Gasteiger partial charge in [-0.25, -0.2) is 9.18 Å². The first-order valence-corrected chi connectivity index (χ1v) is 9.11. The number of carbonyl (C=O) groups excluding carboxylic acids is 2. The molecule has 0 radical (unpaired) electrons. The number of tetrazole rings is 1. The Labute approximate surface area is 164 Å². The van der Waals surface area contributed by atoms with Crippen molar-refractivity contribution in [3.63, 3.8) is 0 Å². The molecule has 2 aliphatic heterocycles. The van der Waals surface area contributed by atoms with Crippen LogP contribution >= 0.6 is 0 Å². The van der Waals surface area contributed by atoms with E-state index < -0.39 is 30.7 Å². The van der Waals surface area contributed by atoms with Gasteiger partial charge < -0.3 is 15.2 Å². The number of amides is 1. The first-order chi connectivity index (χ1) is 14.0. The van der Waals surface area contributed by atoms with Crippen molar-refractivity contribution in [1.29, 1.82) is 0 Å². The molecule has 0 spiro atoms. The van der Waals surface area contributed by atoms with Crippen molar-refractivity contribution in [3.05, 3.63) is 42.0 Å². The van der Waals surface area contributed by atoms with Gasteiger partial charge in [0.2, 0.25) is 0 Å². The second-order valence-electron chi connectivity index (χ2n) is 6.77. The number of aliphatic hydroxyl groups excluding tert-OH is 1. The molecule has 2 aliphatic rings. The second-order valence-corrected chi connectivity index (χ2v) is 6.77.